The van der Waals surface area contributed by atoms with E-state index in [1.807, 2.05) is 6.26 Å². The molecule has 0 heterocycles. The van der Waals surface area contributed by atoms with Gasteiger partial charge in [-0.05, 0) is 30.6 Å². The summed E-state index contributed by atoms with van der Waals surface area (Å²) < 4.78 is 0. The summed E-state index contributed by atoms with van der Waals surface area (Å²) in [6, 6.07) is 11.0. The topological polar surface area (TPSA) is 122 Å². The number of hydrogen-bond acceptors (Lipinski definition) is 6. The Kier molecular flexibility index (Phi) is 7.08. The fourth-order valence-electron chi connectivity index (χ4n) is 2.45. The summed E-state index contributed by atoms with van der Waals surface area (Å²) in [6.07, 6.45) is 3.33. The number of fused-ring (bicyclic) bond motifs is 1. The first-order valence-electron chi connectivity index (χ1n) is 8.08. The number of anilines is 1. The van der Waals surface area contributed by atoms with E-state index in [0.29, 0.717) is 16.8 Å². The second-order valence-corrected chi connectivity index (χ2v) is 6.62. The number of thioether (sulfide) groups is 1. The molecule has 8 heteroatoms. The van der Waals surface area contributed by atoms with Crippen LogP contribution in [0.4, 0.5) is 5.69 Å². The zero-order valence-corrected chi connectivity index (χ0v) is 15.4. The molecule has 140 valence electrons. The summed E-state index contributed by atoms with van der Waals surface area (Å²) in [7, 11) is 0. The van der Waals surface area contributed by atoms with Gasteiger partial charge in [0.1, 0.15) is 23.4 Å². The van der Waals surface area contributed by atoms with Crippen LogP contribution in [0, 0.1) is 11.3 Å². The van der Waals surface area contributed by atoms with E-state index >= 15 is 0 Å². The van der Waals surface area contributed by atoms with Crippen LogP contribution in [-0.2, 0) is 9.59 Å². The number of benzene rings is 2. The smallest absolute Gasteiger partial charge is 0.326 e. The molecule has 0 aliphatic heterocycles. The average Bonchev–Trinajstić information content (AvgIpc) is 2.66. The van der Waals surface area contributed by atoms with Crippen molar-refractivity contribution >= 4 is 40.1 Å². The minimum Gasteiger partial charge on any atom is -0.507 e. The maximum Gasteiger partial charge on any atom is 0.326 e. The largest absolute Gasteiger partial charge is 0.507 e. The van der Waals surface area contributed by atoms with Crippen LogP contribution in [0.5, 0.6) is 5.75 Å². The molecule has 2 aromatic rings. The SMILES string of the molecule is CSCCC(NC(=O)/C(C#N)=C\Nc1cccc2c(O)cccc12)C(=O)O. The lowest BCUT2D eigenvalue weighted by Gasteiger charge is -2.13. The van der Waals surface area contributed by atoms with Gasteiger partial charge in [0, 0.05) is 22.7 Å². The quantitative estimate of drug-likeness (QED) is 0.407. The number of carbonyl (C=O) groups excluding carboxylic acids is 1. The molecule has 0 saturated heterocycles. The number of amides is 1. The second-order valence-electron chi connectivity index (χ2n) is 5.64. The minimum atomic E-state index is -1.15. The Morgan fingerprint density at radius 3 is 2.63 bits per heavy atom. The van der Waals surface area contributed by atoms with Gasteiger partial charge in [-0.25, -0.2) is 4.79 Å². The van der Waals surface area contributed by atoms with Gasteiger partial charge in [0.15, 0.2) is 0 Å². The van der Waals surface area contributed by atoms with Crippen molar-refractivity contribution in [1.82, 2.24) is 5.32 Å². The number of rotatable bonds is 8. The molecular weight excluding hydrogens is 366 g/mol. The molecule has 0 spiro atoms. The molecule has 0 aliphatic rings. The van der Waals surface area contributed by atoms with Crippen molar-refractivity contribution in [3.8, 4) is 11.8 Å². The summed E-state index contributed by atoms with van der Waals surface area (Å²) in [5, 5.41) is 34.9. The predicted octanol–water partition coefficient (Wildman–Crippen LogP) is 2.69. The van der Waals surface area contributed by atoms with Gasteiger partial charge in [-0.1, -0.05) is 24.3 Å². The highest BCUT2D eigenvalue weighted by Gasteiger charge is 2.21. The number of aliphatic carboxylic acids is 1. The molecular formula is C19H19N3O4S. The molecule has 0 radical (unpaired) electrons. The Balaban J connectivity index is 2.19. The van der Waals surface area contributed by atoms with E-state index in [-0.39, 0.29) is 17.7 Å². The lowest BCUT2D eigenvalue weighted by Crippen LogP contribution is -2.41. The summed E-state index contributed by atoms with van der Waals surface area (Å²) >= 11 is 1.47. The van der Waals surface area contributed by atoms with Gasteiger partial charge in [-0.15, -0.1) is 0 Å². The van der Waals surface area contributed by atoms with Crippen LogP contribution in [0.3, 0.4) is 0 Å². The van der Waals surface area contributed by atoms with Crippen LogP contribution in [0.2, 0.25) is 0 Å². The molecule has 0 bridgehead atoms. The van der Waals surface area contributed by atoms with E-state index < -0.39 is 17.9 Å². The lowest BCUT2D eigenvalue weighted by atomic mass is 10.1. The first-order chi connectivity index (χ1) is 13.0. The number of phenolic OH excluding ortho intramolecular Hbond substituents is 1. The van der Waals surface area contributed by atoms with Gasteiger partial charge in [-0.2, -0.15) is 17.0 Å². The third-order valence-electron chi connectivity index (χ3n) is 3.85. The van der Waals surface area contributed by atoms with E-state index in [2.05, 4.69) is 10.6 Å². The number of carboxylic acids is 1. The van der Waals surface area contributed by atoms with Crippen LogP contribution in [-0.4, -0.2) is 40.1 Å². The number of hydrogen-bond donors (Lipinski definition) is 4. The molecule has 1 amide bonds. The average molecular weight is 385 g/mol. The van der Waals surface area contributed by atoms with Gasteiger partial charge in [0.05, 0.1) is 0 Å². The highest BCUT2D eigenvalue weighted by atomic mass is 32.2. The first kappa shape index (κ1) is 20.1. The van der Waals surface area contributed by atoms with E-state index in [1.54, 1.807) is 42.5 Å². The Morgan fingerprint density at radius 2 is 1.96 bits per heavy atom. The normalized spacial score (nSPS) is 12.2. The maximum absolute atomic E-state index is 12.2. The Morgan fingerprint density at radius 1 is 1.26 bits per heavy atom. The zero-order chi connectivity index (χ0) is 19.8. The third kappa shape index (κ3) is 5.15. The van der Waals surface area contributed by atoms with Gasteiger partial charge < -0.3 is 20.8 Å². The Labute approximate surface area is 160 Å². The number of nitrogens with zero attached hydrogens (tertiary/aromatic N) is 1. The molecule has 1 atom stereocenters. The number of nitrogens with one attached hydrogen (secondary N) is 2. The van der Waals surface area contributed by atoms with E-state index in [1.165, 1.54) is 18.0 Å². The number of carbonyl (C=O) groups is 2. The predicted molar refractivity (Wildman–Crippen MR) is 105 cm³/mol. The van der Waals surface area contributed by atoms with E-state index in [9.17, 15) is 25.1 Å². The molecule has 7 nitrogen and oxygen atoms in total. The standard InChI is InChI=1S/C19H19N3O4S/c1-27-9-8-16(19(25)26)22-18(24)12(10-20)11-21-15-6-2-5-14-13(15)4-3-7-17(14)23/h2-7,11,16,21,23H,8-9H2,1H3,(H,22,24)(H,25,26)/b12-11-. The summed E-state index contributed by atoms with van der Waals surface area (Å²) in [5.74, 6) is -1.22. The molecule has 27 heavy (non-hydrogen) atoms. The molecule has 2 aromatic carbocycles. The van der Waals surface area contributed by atoms with Crippen molar-refractivity contribution in [1.29, 1.82) is 5.26 Å². The second kappa shape index (κ2) is 9.50. The first-order valence-corrected chi connectivity index (χ1v) is 9.47. The fourth-order valence-corrected chi connectivity index (χ4v) is 2.92. The van der Waals surface area contributed by atoms with Crippen molar-refractivity contribution in [3.63, 3.8) is 0 Å². The molecule has 0 aromatic heterocycles. The van der Waals surface area contributed by atoms with Crippen molar-refractivity contribution < 1.29 is 19.8 Å². The van der Waals surface area contributed by atoms with Crippen LogP contribution in [0.1, 0.15) is 6.42 Å². The molecule has 1 unspecified atom stereocenters. The third-order valence-corrected chi connectivity index (χ3v) is 4.49. The van der Waals surface area contributed by atoms with Crippen LogP contribution >= 0.6 is 11.8 Å². The summed E-state index contributed by atoms with van der Waals surface area (Å²) in [5.41, 5.74) is 0.351. The highest BCUT2D eigenvalue weighted by molar-refractivity contribution is 7.98. The van der Waals surface area contributed by atoms with Gasteiger partial charge in [0.2, 0.25) is 0 Å². The van der Waals surface area contributed by atoms with Crippen LogP contribution in [0.25, 0.3) is 10.8 Å². The van der Waals surface area contributed by atoms with Crippen molar-refractivity contribution in [2.45, 2.75) is 12.5 Å². The number of carboxylic acid groups (broad SMARTS) is 1. The summed E-state index contributed by atoms with van der Waals surface area (Å²) in [4.78, 5) is 23.5. The minimum absolute atomic E-state index is 0.122. The van der Waals surface area contributed by atoms with Gasteiger partial charge in [-0.3, -0.25) is 4.79 Å². The Hall–Kier alpha value is -3.18. The number of phenols is 1. The Bertz CT molecular complexity index is 921. The van der Waals surface area contributed by atoms with Crippen LogP contribution < -0.4 is 10.6 Å². The van der Waals surface area contributed by atoms with Crippen LogP contribution in [0.15, 0.2) is 48.2 Å². The molecule has 0 saturated carbocycles. The van der Waals surface area contributed by atoms with Gasteiger partial charge in [0.25, 0.3) is 5.91 Å². The van der Waals surface area contributed by atoms with E-state index in [4.69, 9.17) is 0 Å². The molecule has 0 aliphatic carbocycles. The molecule has 4 N–H and O–H groups in total. The monoisotopic (exact) mass is 385 g/mol. The molecule has 2 rings (SSSR count). The van der Waals surface area contributed by atoms with Crippen molar-refractivity contribution in [2.24, 2.45) is 0 Å². The zero-order valence-electron chi connectivity index (χ0n) is 14.6. The maximum atomic E-state index is 12.2. The number of aromatic hydroxyl groups is 1. The highest BCUT2D eigenvalue weighted by Crippen LogP contribution is 2.29. The van der Waals surface area contributed by atoms with Crippen molar-refractivity contribution in [3.05, 3.63) is 48.2 Å². The molecule has 0 fully saturated rings. The van der Waals surface area contributed by atoms with Crippen molar-refractivity contribution in [2.75, 3.05) is 17.3 Å². The lowest BCUT2D eigenvalue weighted by molar-refractivity contribution is -0.141. The summed E-state index contributed by atoms with van der Waals surface area (Å²) in [6.45, 7) is 0. The number of nitriles is 1. The fraction of sp³-hybridized carbons (Fsp3) is 0.211. The van der Waals surface area contributed by atoms with E-state index in [0.717, 1.165) is 5.39 Å². The van der Waals surface area contributed by atoms with Gasteiger partial charge >= 0.3 is 5.97 Å².